The molecule has 0 aliphatic heterocycles. The molecule has 0 aromatic heterocycles. The van der Waals surface area contributed by atoms with E-state index in [2.05, 4.69) is 24.4 Å². The van der Waals surface area contributed by atoms with Crippen LogP contribution in [0.5, 0.6) is 0 Å². The molecule has 0 spiro atoms. The lowest BCUT2D eigenvalue weighted by Gasteiger charge is -2.27. The molecule has 0 fully saturated rings. The number of carbonyl (C=O) groups excluding carboxylic acids is 1. The molecule has 0 saturated carbocycles. The third-order valence-corrected chi connectivity index (χ3v) is 4.65. The maximum Gasteiger partial charge on any atom is 0.231 e. The number of thioether (sulfide) groups is 1. The Morgan fingerprint density at radius 1 is 1.45 bits per heavy atom. The highest BCUT2D eigenvalue weighted by molar-refractivity contribution is 8.00. The fourth-order valence-corrected chi connectivity index (χ4v) is 2.54. The van der Waals surface area contributed by atoms with E-state index in [0.29, 0.717) is 5.75 Å². The minimum Gasteiger partial charge on any atom is -0.337 e. The second-order valence-corrected chi connectivity index (χ2v) is 6.59. The fraction of sp³-hybridized carbons (Fsp3) is 0.500. The Kier molecular flexibility index (Phi) is 5.64. The summed E-state index contributed by atoms with van der Waals surface area (Å²) in [5, 5.41) is 12.0. The smallest absolute Gasteiger partial charge is 0.231 e. The largest absolute Gasteiger partial charge is 0.337 e. The predicted molar refractivity (Wildman–Crippen MR) is 83.6 cm³/mol. The quantitative estimate of drug-likeness (QED) is 0.845. The first-order valence-corrected chi connectivity index (χ1v) is 7.69. The number of aryl methyl sites for hydroxylation is 2. The Bertz CT molecular complexity index is 534. The summed E-state index contributed by atoms with van der Waals surface area (Å²) >= 11 is 1.51. The van der Waals surface area contributed by atoms with Gasteiger partial charge in [0.2, 0.25) is 5.91 Å². The van der Waals surface area contributed by atoms with E-state index in [1.165, 1.54) is 22.9 Å². The number of hydrogen-bond donors (Lipinski definition) is 1. The molecule has 0 aliphatic rings. The standard InChI is InChI=1S/C16H22N2OS/c1-11(2)16(5,10-17)18-15(19)9-20-14-7-6-12(3)8-13(14)4/h6-8,11H,9H2,1-5H3,(H,18,19)/t16-/m0/s1. The summed E-state index contributed by atoms with van der Waals surface area (Å²) in [6.07, 6.45) is 0. The van der Waals surface area contributed by atoms with Crippen LogP contribution in [0.4, 0.5) is 0 Å². The van der Waals surface area contributed by atoms with Crippen molar-refractivity contribution >= 4 is 17.7 Å². The van der Waals surface area contributed by atoms with Crippen LogP contribution in [0.1, 0.15) is 31.9 Å². The Balaban J connectivity index is 2.62. The van der Waals surface area contributed by atoms with Crippen molar-refractivity contribution in [1.29, 1.82) is 5.26 Å². The Morgan fingerprint density at radius 3 is 2.60 bits per heavy atom. The second kappa shape index (κ2) is 6.81. The van der Waals surface area contributed by atoms with Crippen molar-refractivity contribution in [3.05, 3.63) is 29.3 Å². The van der Waals surface area contributed by atoms with Gasteiger partial charge in [-0.2, -0.15) is 5.26 Å². The Hall–Kier alpha value is -1.47. The van der Waals surface area contributed by atoms with Crippen LogP contribution >= 0.6 is 11.8 Å². The summed E-state index contributed by atoms with van der Waals surface area (Å²) < 4.78 is 0. The highest BCUT2D eigenvalue weighted by Gasteiger charge is 2.29. The Labute approximate surface area is 125 Å². The monoisotopic (exact) mass is 290 g/mol. The van der Waals surface area contributed by atoms with Gasteiger partial charge in [-0.3, -0.25) is 4.79 Å². The summed E-state index contributed by atoms with van der Waals surface area (Å²) in [6, 6.07) is 8.37. The average molecular weight is 290 g/mol. The van der Waals surface area contributed by atoms with E-state index in [-0.39, 0.29) is 11.8 Å². The van der Waals surface area contributed by atoms with Crippen molar-refractivity contribution in [1.82, 2.24) is 5.32 Å². The number of nitriles is 1. The van der Waals surface area contributed by atoms with Gasteiger partial charge in [0.25, 0.3) is 0 Å². The molecule has 1 rings (SSSR count). The van der Waals surface area contributed by atoms with Crippen LogP contribution in [0.15, 0.2) is 23.1 Å². The molecule has 0 bridgehead atoms. The van der Waals surface area contributed by atoms with E-state index in [0.717, 1.165) is 4.90 Å². The molecule has 0 saturated heterocycles. The molecular weight excluding hydrogens is 268 g/mol. The Morgan fingerprint density at radius 2 is 2.10 bits per heavy atom. The van der Waals surface area contributed by atoms with E-state index >= 15 is 0 Å². The summed E-state index contributed by atoms with van der Waals surface area (Å²) in [5.74, 6) is 0.295. The SMILES string of the molecule is Cc1ccc(SCC(=O)N[C@@](C)(C#N)C(C)C)c(C)c1. The van der Waals surface area contributed by atoms with E-state index in [1.54, 1.807) is 6.92 Å². The van der Waals surface area contributed by atoms with Crippen molar-refractivity contribution in [3.8, 4) is 6.07 Å². The number of carbonyl (C=O) groups is 1. The first kappa shape index (κ1) is 16.6. The molecular formula is C16H22N2OS. The molecule has 4 heteroatoms. The van der Waals surface area contributed by atoms with Gasteiger partial charge < -0.3 is 5.32 Å². The van der Waals surface area contributed by atoms with Crippen LogP contribution in [-0.4, -0.2) is 17.2 Å². The molecule has 0 unspecified atom stereocenters. The molecule has 1 amide bonds. The van der Waals surface area contributed by atoms with Gasteiger partial charge in [-0.25, -0.2) is 0 Å². The zero-order chi connectivity index (χ0) is 15.3. The van der Waals surface area contributed by atoms with Gasteiger partial charge in [0.1, 0.15) is 5.54 Å². The third-order valence-electron chi connectivity index (χ3n) is 3.48. The minimum absolute atomic E-state index is 0.0718. The molecule has 20 heavy (non-hydrogen) atoms. The zero-order valence-corrected chi connectivity index (χ0v) is 13.6. The second-order valence-electron chi connectivity index (χ2n) is 5.57. The van der Waals surface area contributed by atoms with Gasteiger partial charge in [-0.15, -0.1) is 11.8 Å². The van der Waals surface area contributed by atoms with Crippen LogP contribution in [0.3, 0.4) is 0 Å². The van der Waals surface area contributed by atoms with Crippen molar-refractivity contribution in [2.24, 2.45) is 5.92 Å². The predicted octanol–water partition coefficient (Wildman–Crippen LogP) is 3.45. The number of amides is 1. The maximum absolute atomic E-state index is 12.0. The number of nitrogens with zero attached hydrogens (tertiary/aromatic N) is 1. The van der Waals surface area contributed by atoms with E-state index in [4.69, 9.17) is 0 Å². The van der Waals surface area contributed by atoms with Crippen molar-refractivity contribution in [3.63, 3.8) is 0 Å². The summed E-state index contributed by atoms with van der Waals surface area (Å²) in [6.45, 7) is 9.72. The molecule has 1 atom stereocenters. The van der Waals surface area contributed by atoms with Crippen LogP contribution in [-0.2, 0) is 4.79 Å². The molecule has 3 nitrogen and oxygen atoms in total. The van der Waals surface area contributed by atoms with E-state index < -0.39 is 5.54 Å². The molecule has 1 aromatic carbocycles. The molecule has 1 N–H and O–H groups in total. The topological polar surface area (TPSA) is 52.9 Å². The van der Waals surface area contributed by atoms with Crippen molar-refractivity contribution in [2.45, 2.75) is 45.1 Å². The lowest BCUT2D eigenvalue weighted by molar-refractivity contribution is -0.120. The van der Waals surface area contributed by atoms with Gasteiger partial charge in [0.15, 0.2) is 0 Å². The molecule has 0 heterocycles. The third kappa shape index (κ3) is 4.28. The van der Waals surface area contributed by atoms with Gasteiger partial charge in [0, 0.05) is 4.90 Å². The number of hydrogen-bond acceptors (Lipinski definition) is 3. The minimum atomic E-state index is -0.806. The van der Waals surface area contributed by atoms with Gasteiger partial charge in [0.05, 0.1) is 11.8 Å². The van der Waals surface area contributed by atoms with Crippen LogP contribution in [0.25, 0.3) is 0 Å². The lowest BCUT2D eigenvalue weighted by Crippen LogP contribution is -2.49. The zero-order valence-electron chi connectivity index (χ0n) is 12.8. The first-order valence-electron chi connectivity index (χ1n) is 6.71. The fourth-order valence-electron chi connectivity index (χ4n) is 1.73. The molecule has 1 aromatic rings. The molecule has 0 radical (unpaired) electrons. The van der Waals surface area contributed by atoms with Crippen LogP contribution in [0, 0.1) is 31.1 Å². The molecule has 108 valence electrons. The van der Waals surface area contributed by atoms with E-state index in [1.807, 2.05) is 32.9 Å². The highest BCUT2D eigenvalue weighted by atomic mass is 32.2. The number of benzene rings is 1. The lowest BCUT2D eigenvalue weighted by atomic mass is 9.90. The van der Waals surface area contributed by atoms with Crippen LogP contribution in [0.2, 0.25) is 0 Å². The number of nitrogens with one attached hydrogen (secondary N) is 1. The average Bonchev–Trinajstić information content (AvgIpc) is 2.37. The van der Waals surface area contributed by atoms with Crippen molar-refractivity contribution < 1.29 is 4.79 Å². The summed E-state index contributed by atoms with van der Waals surface area (Å²) in [4.78, 5) is 13.1. The highest BCUT2D eigenvalue weighted by Crippen LogP contribution is 2.23. The number of rotatable bonds is 5. The van der Waals surface area contributed by atoms with E-state index in [9.17, 15) is 10.1 Å². The normalized spacial score (nSPS) is 13.7. The summed E-state index contributed by atoms with van der Waals surface area (Å²) in [7, 11) is 0. The van der Waals surface area contributed by atoms with Gasteiger partial charge in [-0.1, -0.05) is 31.5 Å². The maximum atomic E-state index is 12.0. The van der Waals surface area contributed by atoms with Crippen LogP contribution < -0.4 is 5.32 Å². The summed E-state index contributed by atoms with van der Waals surface area (Å²) in [5.41, 5.74) is 1.59. The first-order chi connectivity index (χ1) is 9.28. The van der Waals surface area contributed by atoms with Crippen molar-refractivity contribution in [2.75, 3.05) is 5.75 Å². The van der Waals surface area contributed by atoms with Gasteiger partial charge >= 0.3 is 0 Å². The van der Waals surface area contributed by atoms with Gasteiger partial charge in [-0.05, 0) is 38.3 Å². The molecule has 0 aliphatic carbocycles.